The lowest BCUT2D eigenvalue weighted by Crippen LogP contribution is -2.50. The van der Waals surface area contributed by atoms with E-state index in [0.29, 0.717) is 17.9 Å². The zero-order valence-corrected chi connectivity index (χ0v) is 10.2. The van der Waals surface area contributed by atoms with Crippen LogP contribution in [0.1, 0.15) is 12.8 Å². The highest BCUT2D eigenvalue weighted by Gasteiger charge is 2.50. The van der Waals surface area contributed by atoms with Crippen LogP contribution in [0.4, 0.5) is 0 Å². The number of carbonyl (C=O) groups is 3. The van der Waals surface area contributed by atoms with Crippen LogP contribution in [0.2, 0.25) is 0 Å². The van der Waals surface area contributed by atoms with Crippen molar-refractivity contribution < 1.29 is 34.9 Å². The molecular weight excluding hydrogens is 260 g/mol. The molecule has 1 aliphatic carbocycles. The number of hydrogen-bond acceptors (Lipinski definition) is 6. The second kappa shape index (κ2) is 5.95. The van der Waals surface area contributed by atoms with Crippen LogP contribution in [0.25, 0.3) is 0 Å². The van der Waals surface area contributed by atoms with Crippen molar-refractivity contribution in [2.45, 2.75) is 18.4 Å². The van der Waals surface area contributed by atoms with Crippen LogP contribution in [0, 0.1) is 0 Å². The molecule has 1 rings (SSSR count). The Bertz CT molecular complexity index is 364. The molecule has 1 aliphatic rings. The highest BCUT2D eigenvalue weighted by molar-refractivity contribution is 5.73. The van der Waals surface area contributed by atoms with Crippen LogP contribution in [0.5, 0.6) is 0 Å². The Morgan fingerprint density at radius 3 is 1.63 bits per heavy atom. The first-order valence-electron chi connectivity index (χ1n) is 5.59. The molecule has 1 fully saturated rings. The maximum atomic E-state index is 10.7. The van der Waals surface area contributed by atoms with Crippen molar-refractivity contribution in [1.82, 2.24) is 9.96 Å². The highest BCUT2D eigenvalue weighted by Crippen LogP contribution is 2.42. The van der Waals surface area contributed by atoms with Crippen LogP contribution in [0.15, 0.2) is 0 Å². The Balaban J connectivity index is 2.67. The van der Waals surface area contributed by atoms with E-state index in [1.54, 1.807) is 0 Å². The van der Waals surface area contributed by atoms with Crippen LogP contribution in [-0.2, 0) is 14.4 Å². The van der Waals surface area contributed by atoms with Crippen molar-refractivity contribution in [2.75, 3.05) is 26.2 Å². The molecule has 0 aromatic carbocycles. The molecule has 4 N–H and O–H groups in total. The Labute approximate surface area is 108 Å². The van der Waals surface area contributed by atoms with Gasteiger partial charge in [-0.2, -0.15) is 5.06 Å². The summed E-state index contributed by atoms with van der Waals surface area (Å²) in [4.78, 5) is 33.1. The summed E-state index contributed by atoms with van der Waals surface area (Å²) < 4.78 is 0. The van der Waals surface area contributed by atoms with Gasteiger partial charge in [-0.25, -0.2) is 0 Å². The molecule has 0 saturated heterocycles. The number of rotatable bonds is 9. The lowest BCUT2D eigenvalue weighted by Gasteiger charge is -2.31. The maximum Gasteiger partial charge on any atom is 0.320 e. The van der Waals surface area contributed by atoms with Crippen molar-refractivity contribution in [2.24, 2.45) is 0 Å². The minimum Gasteiger partial charge on any atom is -0.480 e. The molecular formula is C10H16N2O7. The van der Waals surface area contributed by atoms with Gasteiger partial charge in [0, 0.05) is 12.1 Å². The fraction of sp³-hybridized carbons (Fsp3) is 0.700. The third-order valence-electron chi connectivity index (χ3n) is 2.94. The number of aliphatic carboxylic acids is 3. The van der Waals surface area contributed by atoms with Crippen molar-refractivity contribution in [3.63, 3.8) is 0 Å². The fourth-order valence-electron chi connectivity index (χ4n) is 1.99. The Kier molecular flexibility index (Phi) is 4.81. The Hall–Kier alpha value is -1.71. The van der Waals surface area contributed by atoms with Gasteiger partial charge in [0.25, 0.3) is 0 Å². The van der Waals surface area contributed by atoms with E-state index in [1.807, 2.05) is 0 Å². The predicted molar refractivity (Wildman–Crippen MR) is 59.8 cm³/mol. The highest BCUT2D eigenvalue weighted by atomic mass is 16.5. The summed E-state index contributed by atoms with van der Waals surface area (Å²) in [6, 6.07) is 0. The van der Waals surface area contributed by atoms with E-state index in [-0.39, 0.29) is 6.54 Å². The molecule has 1 saturated carbocycles. The average Bonchev–Trinajstić information content (AvgIpc) is 2.94. The van der Waals surface area contributed by atoms with E-state index >= 15 is 0 Å². The summed E-state index contributed by atoms with van der Waals surface area (Å²) >= 11 is 0. The molecule has 0 atom stereocenters. The zero-order valence-electron chi connectivity index (χ0n) is 10.2. The molecule has 9 heteroatoms. The maximum absolute atomic E-state index is 10.7. The van der Waals surface area contributed by atoms with Crippen LogP contribution >= 0.6 is 0 Å². The third-order valence-corrected chi connectivity index (χ3v) is 2.94. The minimum atomic E-state index is -1.22. The van der Waals surface area contributed by atoms with E-state index in [2.05, 4.69) is 0 Å². The summed E-state index contributed by atoms with van der Waals surface area (Å²) in [6.45, 7) is -1.63. The molecule has 0 heterocycles. The first-order valence-corrected chi connectivity index (χ1v) is 5.59. The van der Waals surface area contributed by atoms with E-state index < -0.39 is 43.1 Å². The number of hydrogen-bond donors (Lipinski definition) is 4. The molecule has 0 aromatic heterocycles. The van der Waals surface area contributed by atoms with Gasteiger partial charge in [0.2, 0.25) is 0 Å². The van der Waals surface area contributed by atoms with Gasteiger partial charge in [-0.05, 0) is 12.8 Å². The summed E-state index contributed by atoms with van der Waals surface area (Å²) in [5.41, 5.74) is -0.777. The van der Waals surface area contributed by atoms with Crippen molar-refractivity contribution >= 4 is 17.9 Å². The molecule has 0 unspecified atom stereocenters. The lowest BCUT2D eigenvalue weighted by molar-refractivity contribution is -0.160. The number of carboxylic acids is 3. The summed E-state index contributed by atoms with van der Waals surface area (Å²) in [5, 5.41) is 36.1. The Morgan fingerprint density at radius 1 is 0.895 bits per heavy atom. The quantitative estimate of drug-likeness (QED) is 0.381. The second-order valence-electron chi connectivity index (χ2n) is 4.58. The Morgan fingerprint density at radius 2 is 1.32 bits per heavy atom. The smallest absolute Gasteiger partial charge is 0.320 e. The van der Waals surface area contributed by atoms with Gasteiger partial charge in [0.05, 0.1) is 13.1 Å². The van der Waals surface area contributed by atoms with E-state index in [1.165, 1.54) is 4.90 Å². The first kappa shape index (κ1) is 15.3. The van der Waals surface area contributed by atoms with Gasteiger partial charge in [0.15, 0.2) is 0 Å². The van der Waals surface area contributed by atoms with Crippen LogP contribution in [-0.4, -0.2) is 80.1 Å². The topological polar surface area (TPSA) is 139 Å². The van der Waals surface area contributed by atoms with Gasteiger partial charge in [-0.3, -0.25) is 19.3 Å². The zero-order chi connectivity index (χ0) is 14.6. The monoisotopic (exact) mass is 276 g/mol. The van der Waals surface area contributed by atoms with E-state index in [4.69, 9.17) is 15.3 Å². The van der Waals surface area contributed by atoms with Gasteiger partial charge in [-0.1, -0.05) is 0 Å². The number of nitrogens with zero attached hydrogens (tertiary/aromatic N) is 2. The minimum absolute atomic E-state index is 0.0974. The molecule has 0 radical (unpaired) electrons. The third kappa shape index (κ3) is 4.81. The van der Waals surface area contributed by atoms with Gasteiger partial charge in [-0.15, -0.1) is 0 Å². The van der Waals surface area contributed by atoms with Crippen LogP contribution in [0.3, 0.4) is 0 Å². The summed E-state index contributed by atoms with van der Waals surface area (Å²) in [6.07, 6.45) is 1.04. The second-order valence-corrected chi connectivity index (χ2v) is 4.58. The van der Waals surface area contributed by atoms with E-state index in [0.717, 1.165) is 0 Å². The molecule has 0 bridgehead atoms. The molecule has 0 aromatic rings. The summed E-state index contributed by atoms with van der Waals surface area (Å²) in [7, 11) is 0. The molecule has 0 aliphatic heterocycles. The van der Waals surface area contributed by atoms with Crippen LogP contribution < -0.4 is 0 Å². The molecule has 108 valence electrons. The predicted octanol–water partition coefficient (Wildman–Crippen LogP) is -1.23. The molecule has 9 nitrogen and oxygen atoms in total. The van der Waals surface area contributed by atoms with Crippen molar-refractivity contribution in [3.05, 3.63) is 0 Å². The molecule has 0 amide bonds. The molecule has 19 heavy (non-hydrogen) atoms. The number of hydroxylamine groups is 2. The normalized spacial score (nSPS) is 16.6. The first-order chi connectivity index (χ1) is 8.75. The average molecular weight is 276 g/mol. The van der Waals surface area contributed by atoms with Crippen molar-refractivity contribution in [1.29, 1.82) is 0 Å². The van der Waals surface area contributed by atoms with Gasteiger partial charge >= 0.3 is 17.9 Å². The fourth-order valence-corrected chi connectivity index (χ4v) is 1.99. The lowest BCUT2D eigenvalue weighted by atomic mass is 10.2. The van der Waals surface area contributed by atoms with E-state index in [9.17, 15) is 19.6 Å². The van der Waals surface area contributed by atoms with Gasteiger partial charge in [0.1, 0.15) is 6.54 Å². The van der Waals surface area contributed by atoms with Gasteiger partial charge < -0.3 is 20.5 Å². The standard InChI is InChI=1S/C10H16N2O7/c13-7(14)3-11(4-8(15)16)10(1-2-10)6-12(19)5-9(17)18/h19H,1-6H2,(H,13,14)(H,15,16)(H,17,18). The largest absolute Gasteiger partial charge is 0.480 e. The SMILES string of the molecule is O=C(O)CN(O)CC1(N(CC(=O)O)CC(=O)O)CC1. The number of carboxylic acid groups (broad SMARTS) is 3. The molecule has 0 spiro atoms. The summed E-state index contributed by atoms with van der Waals surface area (Å²) in [5.74, 6) is -3.56. The van der Waals surface area contributed by atoms with Crippen molar-refractivity contribution in [3.8, 4) is 0 Å².